The molecule has 0 saturated heterocycles. The third-order valence-corrected chi connectivity index (χ3v) is 3.92. The Balaban J connectivity index is 1.92. The second-order valence-electron chi connectivity index (χ2n) is 7.24. The highest BCUT2D eigenvalue weighted by atomic mass is 16.3. The van der Waals surface area contributed by atoms with Gasteiger partial charge in [-0.25, -0.2) is 4.98 Å². The van der Waals surface area contributed by atoms with Gasteiger partial charge in [0.1, 0.15) is 5.82 Å². The predicted octanol–water partition coefficient (Wildman–Crippen LogP) is 4.04. The SMILES string of the molecule is CC(C)c1ccc(/C=C/C(=O)Nc2ccc(NC(C)(C)CO)nc2)cc1. The summed E-state index contributed by atoms with van der Waals surface area (Å²) in [6, 6.07) is 11.7. The summed E-state index contributed by atoms with van der Waals surface area (Å²) in [5.41, 5.74) is 2.41. The molecule has 1 amide bonds. The van der Waals surface area contributed by atoms with E-state index in [-0.39, 0.29) is 12.5 Å². The van der Waals surface area contributed by atoms with Gasteiger partial charge in [0.2, 0.25) is 5.91 Å². The van der Waals surface area contributed by atoms with Crippen molar-refractivity contribution in [2.45, 2.75) is 39.2 Å². The number of anilines is 2. The lowest BCUT2D eigenvalue weighted by atomic mass is 10.0. The van der Waals surface area contributed by atoms with Crippen molar-refractivity contribution in [2.24, 2.45) is 0 Å². The molecule has 0 atom stereocenters. The highest BCUT2D eigenvalue weighted by molar-refractivity contribution is 6.01. The molecule has 2 rings (SSSR count). The van der Waals surface area contributed by atoms with Crippen LogP contribution in [0.5, 0.6) is 0 Å². The summed E-state index contributed by atoms with van der Waals surface area (Å²) in [7, 11) is 0. The minimum Gasteiger partial charge on any atom is -0.394 e. The van der Waals surface area contributed by atoms with Crippen LogP contribution in [-0.4, -0.2) is 28.1 Å². The number of rotatable bonds is 7. The van der Waals surface area contributed by atoms with Gasteiger partial charge in [-0.05, 0) is 49.1 Å². The van der Waals surface area contributed by atoms with E-state index in [4.69, 9.17) is 0 Å². The van der Waals surface area contributed by atoms with Gasteiger partial charge in [0, 0.05) is 6.08 Å². The molecule has 0 aliphatic rings. The van der Waals surface area contributed by atoms with Gasteiger partial charge >= 0.3 is 0 Å². The van der Waals surface area contributed by atoms with Crippen LogP contribution in [0.3, 0.4) is 0 Å². The van der Waals surface area contributed by atoms with E-state index in [0.717, 1.165) is 5.56 Å². The van der Waals surface area contributed by atoms with E-state index < -0.39 is 5.54 Å². The minimum absolute atomic E-state index is 0.00386. The Morgan fingerprint density at radius 2 is 1.88 bits per heavy atom. The van der Waals surface area contributed by atoms with Crippen LogP contribution >= 0.6 is 0 Å². The molecule has 3 N–H and O–H groups in total. The monoisotopic (exact) mass is 353 g/mol. The molecular formula is C21H27N3O2. The molecule has 0 unspecified atom stereocenters. The molecule has 5 nitrogen and oxygen atoms in total. The Labute approximate surface area is 155 Å². The Kier molecular flexibility index (Phi) is 6.52. The first-order valence-electron chi connectivity index (χ1n) is 8.73. The molecule has 0 saturated carbocycles. The number of amides is 1. The Bertz CT molecular complexity index is 748. The molecule has 2 aromatic rings. The maximum atomic E-state index is 12.0. The Morgan fingerprint density at radius 1 is 1.19 bits per heavy atom. The number of aliphatic hydroxyl groups excluding tert-OH is 1. The fraction of sp³-hybridized carbons (Fsp3) is 0.333. The molecule has 138 valence electrons. The average Bonchev–Trinajstić information content (AvgIpc) is 2.62. The molecular weight excluding hydrogens is 326 g/mol. The van der Waals surface area contributed by atoms with Crippen molar-refractivity contribution in [1.82, 2.24) is 4.98 Å². The summed E-state index contributed by atoms with van der Waals surface area (Å²) in [5, 5.41) is 15.2. The van der Waals surface area contributed by atoms with E-state index in [1.54, 1.807) is 24.4 Å². The van der Waals surface area contributed by atoms with Crippen LogP contribution in [0.25, 0.3) is 6.08 Å². The van der Waals surface area contributed by atoms with E-state index in [9.17, 15) is 9.90 Å². The summed E-state index contributed by atoms with van der Waals surface area (Å²) in [6.45, 7) is 8.05. The van der Waals surface area contributed by atoms with Crippen molar-refractivity contribution in [2.75, 3.05) is 17.2 Å². The van der Waals surface area contributed by atoms with Gasteiger partial charge in [-0.3, -0.25) is 4.79 Å². The number of carbonyl (C=O) groups is 1. The molecule has 0 radical (unpaired) electrons. The highest BCUT2D eigenvalue weighted by Gasteiger charge is 2.16. The summed E-state index contributed by atoms with van der Waals surface area (Å²) < 4.78 is 0. The van der Waals surface area contributed by atoms with Gasteiger partial charge in [0.15, 0.2) is 0 Å². The lowest BCUT2D eigenvalue weighted by Crippen LogP contribution is -2.35. The van der Waals surface area contributed by atoms with Crippen LogP contribution < -0.4 is 10.6 Å². The van der Waals surface area contributed by atoms with E-state index in [2.05, 4.69) is 41.6 Å². The van der Waals surface area contributed by atoms with Crippen LogP contribution in [0.4, 0.5) is 11.5 Å². The van der Waals surface area contributed by atoms with Gasteiger partial charge < -0.3 is 15.7 Å². The van der Waals surface area contributed by atoms with Gasteiger partial charge in [-0.15, -0.1) is 0 Å². The Hall–Kier alpha value is -2.66. The quantitative estimate of drug-likeness (QED) is 0.657. The molecule has 1 aromatic heterocycles. The summed E-state index contributed by atoms with van der Waals surface area (Å²) in [5.74, 6) is 0.920. The molecule has 0 fully saturated rings. The lowest BCUT2D eigenvalue weighted by Gasteiger charge is -2.24. The van der Waals surface area contributed by atoms with Crippen LogP contribution in [0, 0.1) is 0 Å². The van der Waals surface area contributed by atoms with Crippen LogP contribution in [0.1, 0.15) is 44.7 Å². The Morgan fingerprint density at radius 3 is 2.42 bits per heavy atom. The maximum absolute atomic E-state index is 12.0. The number of nitrogens with zero attached hydrogens (tertiary/aromatic N) is 1. The van der Waals surface area contributed by atoms with Gasteiger partial charge in [-0.2, -0.15) is 0 Å². The number of hydrogen-bond donors (Lipinski definition) is 3. The van der Waals surface area contributed by atoms with Crippen molar-refractivity contribution < 1.29 is 9.90 Å². The molecule has 5 heteroatoms. The van der Waals surface area contributed by atoms with Gasteiger partial charge in [-0.1, -0.05) is 38.1 Å². The topological polar surface area (TPSA) is 74.2 Å². The zero-order valence-corrected chi connectivity index (χ0v) is 15.8. The molecule has 0 spiro atoms. The predicted molar refractivity (Wildman–Crippen MR) is 107 cm³/mol. The van der Waals surface area contributed by atoms with Crippen LogP contribution in [0.15, 0.2) is 48.7 Å². The number of hydrogen-bond acceptors (Lipinski definition) is 4. The van der Waals surface area contributed by atoms with Crippen LogP contribution in [0.2, 0.25) is 0 Å². The van der Waals surface area contributed by atoms with E-state index in [1.807, 2.05) is 26.0 Å². The first-order valence-corrected chi connectivity index (χ1v) is 8.73. The molecule has 0 aliphatic heterocycles. The van der Waals surface area contributed by atoms with Crippen molar-refractivity contribution in [1.29, 1.82) is 0 Å². The molecule has 26 heavy (non-hydrogen) atoms. The fourth-order valence-corrected chi connectivity index (χ4v) is 2.28. The number of benzene rings is 1. The summed E-state index contributed by atoms with van der Waals surface area (Å²) >= 11 is 0. The number of carbonyl (C=O) groups excluding carboxylic acids is 1. The van der Waals surface area contributed by atoms with Gasteiger partial charge in [0.25, 0.3) is 0 Å². The van der Waals surface area contributed by atoms with Crippen molar-refractivity contribution in [3.63, 3.8) is 0 Å². The first kappa shape index (κ1) is 19.7. The van der Waals surface area contributed by atoms with Crippen molar-refractivity contribution in [3.8, 4) is 0 Å². The third kappa shape index (κ3) is 6.01. The lowest BCUT2D eigenvalue weighted by molar-refractivity contribution is -0.111. The molecule has 1 heterocycles. The molecule has 0 aliphatic carbocycles. The van der Waals surface area contributed by atoms with Gasteiger partial charge in [0.05, 0.1) is 24.0 Å². The maximum Gasteiger partial charge on any atom is 0.248 e. The molecule has 1 aromatic carbocycles. The smallest absolute Gasteiger partial charge is 0.248 e. The second-order valence-corrected chi connectivity index (χ2v) is 7.24. The van der Waals surface area contributed by atoms with E-state index in [1.165, 1.54) is 11.6 Å². The standard InChI is InChI=1S/C21H27N3O2/c1-15(2)17-8-5-16(6-9-17)7-12-20(26)23-18-10-11-19(22-13-18)24-21(3,4)14-25/h5-13,15,25H,14H2,1-4H3,(H,22,24)(H,23,26)/b12-7+. The summed E-state index contributed by atoms with van der Waals surface area (Å²) in [6.07, 6.45) is 4.87. The molecule has 0 bridgehead atoms. The number of nitrogens with one attached hydrogen (secondary N) is 2. The summed E-state index contributed by atoms with van der Waals surface area (Å²) in [4.78, 5) is 16.3. The second kappa shape index (κ2) is 8.63. The largest absolute Gasteiger partial charge is 0.394 e. The first-order chi connectivity index (χ1) is 12.3. The zero-order valence-electron chi connectivity index (χ0n) is 15.8. The van der Waals surface area contributed by atoms with E-state index in [0.29, 0.717) is 17.4 Å². The zero-order chi connectivity index (χ0) is 19.2. The van der Waals surface area contributed by atoms with Crippen LogP contribution in [-0.2, 0) is 4.79 Å². The average molecular weight is 353 g/mol. The fourth-order valence-electron chi connectivity index (χ4n) is 2.28. The van der Waals surface area contributed by atoms with Crippen molar-refractivity contribution >= 4 is 23.5 Å². The third-order valence-electron chi connectivity index (χ3n) is 3.92. The number of pyridine rings is 1. The minimum atomic E-state index is -0.453. The number of aliphatic hydroxyl groups is 1. The van der Waals surface area contributed by atoms with Crippen molar-refractivity contribution in [3.05, 3.63) is 59.8 Å². The van der Waals surface area contributed by atoms with E-state index >= 15 is 0 Å². The normalized spacial score (nSPS) is 11.8. The highest BCUT2D eigenvalue weighted by Crippen LogP contribution is 2.16. The number of aromatic nitrogens is 1.